The smallest absolute Gasteiger partial charge is 0.213 e. The van der Waals surface area contributed by atoms with Crippen molar-refractivity contribution in [2.45, 2.75) is 13.5 Å². The highest BCUT2D eigenvalue weighted by Gasteiger charge is 2.29. The van der Waals surface area contributed by atoms with E-state index in [0.717, 1.165) is 44.7 Å². The van der Waals surface area contributed by atoms with Crippen molar-refractivity contribution in [3.8, 4) is 5.75 Å². The predicted molar refractivity (Wildman–Crippen MR) is 124 cm³/mol. The molecule has 0 radical (unpaired) electrons. The maximum atomic E-state index is 13.4. The van der Waals surface area contributed by atoms with Crippen molar-refractivity contribution in [1.29, 1.82) is 0 Å². The topological polar surface area (TPSA) is 48.1 Å². The highest BCUT2D eigenvalue weighted by atomic mass is 16.5. The average Bonchev–Trinajstić information content (AvgIpc) is 3.12. The second kappa shape index (κ2) is 7.17. The van der Waals surface area contributed by atoms with Crippen molar-refractivity contribution >= 4 is 28.4 Å². The summed E-state index contributed by atoms with van der Waals surface area (Å²) < 4.78 is 5.46. The zero-order valence-electron chi connectivity index (χ0n) is 17.2. The molecule has 5 rings (SSSR count). The van der Waals surface area contributed by atoms with Crippen LogP contribution in [0.4, 0.5) is 5.82 Å². The lowest BCUT2D eigenvalue weighted by atomic mass is 9.98. The third kappa shape index (κ3) is 3.41. The number of aryl methyl sites for hydroxylation is 1. The van der Waals surface area contributed by atoms with E-state index < -0.39 is 4.65 Å². The van der Waals surface area contributed by atoms with Crippen LogP contribution in [0.1, 0.15) is 22.3 Å². The Hall–Kier alpha value is -3.34. The molecule has 4 aromatic rings. The molecule has 4 nitrogen and oxygen atoms in total. The van der Waals surface area contributed by atoms with Crippen molar-refractivity contribution in [2.75, 3.05) is 13.6 Å². The van der Waals surface area contributed by atoms with Gasteiger partial charge in [0.15, 0.2) is 0 Å². The Morgan fingerprint density at radius 3 is 2.53 bits per heavy atom. The van der Waals surface area contributed by atoms with E-state index in [0.29, 0.717) is 13.2 Å². The molecule has 30 heavy (non-hydrogen) atoms. The Morgan fingerprint density at radius 2 is 1.77 bits per heavy atom. The number of hydrogen-bond donors (Lipinski definition) is 1. The number of nitrogens with one attached hydrogen (secondary N) is 1. The molecule has 0 spiro atoms. The first-order valence-electron chi connectivity index (χ1n) is 10.2. The van der Waals surface area contributed by atoms with Crippen LogP contribution in [0.2, 0.25) is 0 Å². The molecule has 0 bridgehead atoms. The Balaban J connectivity index is 1.45. The number of rotatable bonds is 4. The van der Waals surface area contributed by atoms with Crippen LogP contribution in [0.25, 0.3) is 22.6 Å². The monoisotopic (exact) mass is 396 g/mol. The zero-order chi connectivity index (χ0) is 20.7. The first kappa shape index (κ1) is 18.7. The van der Waals surface area contributed by atoms with Gasteiger partial charge in [0.05, 0.1) is 18.1 Å². The van der Waals surface area contributed by atoms with Gasteiger partial charge in [-0.3, -0.25) is 0 Å². The highest BCUT2D eigenvalue weighted by molar-refractivity contribution is 6.02. The van der Waals surface area contributed by atoms with Crippen molar-refractivity contribution in [2.24, 2.45) is 0 Å². The van der Waals surface area contributed by atoms with Gasteiger partial charge in [0, 0.05) is 11.0 Å². The maximum absolute atomic E-state index is 13.4. The van der Waals surface area contributed by atoms with Gasteiger partial charge in [-0.15, -0.1) is 0 Å². The van der Waals surface area contributed by atoms with Crippen molar-refractivity contribution in [3.63, 3.8) is 0 Å². The van der Waals surface area contributed by atoms with Crippen molar-refractivity contribution < 1.29 is 4.74 Å². The van der Waals surface area contributed by atoms with E-state index in [1.54, 1.807) is 7.05 Å². The Bertz CT molecular complexity index is 1240. The number of ether oxygens (including phenoxy) is 1. The lowest BCUT2D eigenvalue weighted by molar-refractivity contribution is 0.306. The highest BCUT2D eigenvalue weighted by Crippen LogP contribution is 2.40. The van der Waals surface area contributed by atoms with Crippen LogP contribution in [0.3, 0.4) is 0 Å². The van der Waals surface area contributed by atoms with Crippen LogP contribution in [0.15, 0.2) is 72.8 Å². The van der Waals surface area contributed by atoms with Gasteiger partial charge in [-0.25, -0.2) is 0 Å². The van der Waals surface area contributed by atoms with Crippen molar-refractivity contribution in [3.05, 3.63) is 100 Å². The van der Waals surface area contributed by atoms with Gasteiger partial charge in [-0.05, 0) is 48.4 Å². The fourth-order valence-corrected chi connectivity index (χ4v) is 4.14. The largest absolute Gasteiger partial charge is 0.626 e. The molecule has 0 amide bonds. The van der Waals surface area contributed by atoms with Crippen LogP contribution < -0.4 is 9.38 Å². The predicted octanol–water partition coefficient (Wildman–Crippen LogP) is 6.04. The minimum Gasteiger partial charge on any atom is -0.626 e. The fraction of sp³-hybridized carbons (Fsp3) is 0.154. The molecule has 0 fully saturated rings. The summed E-state index contributed by atoms with van der Waals surface area (Å²) in [5.41, 5.74) is 6.42. The van der Waals surface area contributed by atoms with Crippen LogP contribution in [-0.2, 0) is 6.61 Å². The summed E-state index contributed by atoms with van der Waals surface area (Å²) in [6.07, 6.45) is 2.16. The number of quaternary nitrogens is 1. The molecule has 2 heterocycles. The summed E-state index contributed by atoms with van der Waals surface area (Å²) in [4.78, 5) is 3.34. The van der Waals surface area contributed by atoms with Crippen LogP contribution >= 0.6 is 0 Å². The molecule has 0 saturated carbocycles. The molecule has 1 N–H and O–H groups in total. The summed E-state index contributed by atoms with van der Waals surface area (Å²) in [5.74, 6) is 1.55. The van der Waals surface area contributed by atoms with Gasteiger partial charge in [-0.2, -0.15) is 0 Å². The van der Waals surface area contributed by atoms with Crippen LogP contribution in [0, 0.1) is 12.1 Å². The van der Waals surface area contributed by atoms with Gasteiger partial charge >= 0.3 is 0 Å². The van der Waals surface area contributed by atoms with Gasteiger partial charge in [-0.1, -0.05) is 54.1 Å². The average molecular weight is 396 g/mol. The van der Waals surface area contributed by atoms with Gasteiger partial charge in [0.2, 0.25) is 5.82 Å². The number of likely N-dealkylation sites (N-methyl/N-ethyl adjacent to an activating group) is 1. The van der Waals surface area contributed by atoms with Gasteiger partial charge in [0.25, 0.3) is 0 Å². The normalized spacial score (nSPS) is 18.2. The van der Waals surface area contributed by atoms with E-state index in [1.807, 2.05) is 42.5 Å². The van der Waals surface area contributed by atoms with E-state index in [9.17, 15) is 5.21 Å². The van der Waals surface area contributed by atoms with Gasteiger partial charge < -0.3 is 19.6 Å². The summed E-state index contributed by atoms with van der Waals surface area (Å²) in [5, 5.41) is 14.5. The summed E-state index contributed by atoms with van der Waals surface area (Å²) in [6.45, 7) is 3.01. The first-order chi connectivity index (χ1) is 14.5. The lowest BCUT2D eigenvalue weighted by Crippen LogP contribution is -2.42. The number of nitrogens with zero attached hydrogens (tertiary/aromatic N) is 1. The van der Waals surface area contributed by atoms with E-state index in [-0.39, 0.29) is 0 Å². The third-order valence-corrected chi connectivity index (χ3v) is 5.71. The molecular weight excluding hydrogens is 372 g/mol. The molecule has 1 aliphatic heterocycles. The summed E-state index contributed by atoms with van der Waals surface area (Å²) in [6, 6.07) is 24.4. The number of hydroxylamine groups is 2. The molecule has 0 saturated heterocycles. The lowest BCUT2D eigenvalue weighted by Gasteiger charge is -2.40. The molecule has 1 unspecified atom stereocenters. The number of hydrogen-bond acceptors (Lipinski definition) is 2. The third-order valence-electron chi connectivity index (χ3n) is 5.71. The minimum atomic E-state index is -0.443. The number of aromatic nitrogens is 1. The molecule has 1 atom stereocenters. The summed E-state index contributed by atoms with van der Waals surface area (Å²) in [7, 11) is 1.71. The SMILES string of the molecule is Cc1ccc2[nH]c3c(c2c1)C=C(c1ccc(OCc2ccccc2)cc1)C[N+]3(C)[O-]. The van der Waals surface area contributed by atoms with Gasteiger partial charge in [0.1, 0.15) is 18.9 Å². The zero-order valence-corrected chi connectivity index (χ0v) is 17.2. The first-order valence-corrected chi connectivity index (χ1v) is 10.2. The molecule has 150 valence electrons. The summed E-state index contributed by atoms with van der Waals surface area (Å²) >= 11 is 0. The second-order valence-electron chi connectivity index (χ2n) is 8.16. The number of benzene rings is 3. The van der Waals surface area contributed by atoms with E-state index in [1.165, 1.54) is 5.56 Å². The van der Waals surface area contributed by atoms with E-state index >= 15 is 0 Å². The second-order valence-corrected chi connectivity index (χ2v) is 8.16. The molecule has 1 aromatic heterocycles. The van der Waals surface area contributed by atoms with E-state index in [2.05, 4.69) is 48.3 Å². The molecule has 4 heteroatoms. The number of fused-ring (bicyclic) bond motifs is 3. The maximum Gasteiger partial charge on any atom is 0.213 e. The number of H-pyrrole nitrogens is 1. The Morgan fingerprint density at radius 1 is 1.00 bits per heavy atom. The number of aromatic amines is 1. The van der Waals surface area contributed by atoms with Crippen molar-refractivity contribution in [1.82, 2.24) is 9.63 Å². The standard InChI is InChI=1S/C26H24N2O2/c1-18-8-13-25-23(14-18)24-15-21(16-28(2,29)26(24)27-25)20-9-11-22(12-10-20)30-17-19-6-4-3-5-7-19/h3-15,27H,16-17H2,1-2H3. The minimum absolute atomic E-state index is 0.392. The quantitative estimate of drug-likeness (QED) is 0.337. The fourth-order valence-electron chi connectivity index (χ4n) is 4.14. The van der Waals surface area contributed by atoms with Crippen LogP contribution in [0.5, 0.6) is 5.75 Å². The molecular formula is C26H24N2O2. The van der Waals surface area contributed by atoms with Crippen LogP contribution in [-0.4, -0.2) is 18.6 Å². The molecule has 1 aliphatic rings. The Labute approximate surface area is 176 Å². The molecule has 3 aromatic carbocycles. The van der Waals surface area contributed by atoms with E-state index in [4.69, 9.17) is 4.74 Å². The molecule has 0 aliphatic carbocycles. The Kier molecular flexibility index (Phi) is 4.46.